The summed E-state index contributed by atoms with van der Waals surface area (Å²) in [5, 5.41) is 10.3. The molecule has 0 aliphatic carbocycles. The second-order valence-corrected chi connectivity index (χ2v) is 5.50. The van der Waals surface area contributed by atoms with Crippen molar-refractivity contribution >= 4 is 33.0 Å². The maximum Gasteiger partial charge on any atom is 0.279 e. The monoisotopic (exact) mass is 302 g/mol. The molecular weight excluding hydrogens is 296 g/mol. The molecule has 1 heterocycles. The Labute approximate surface area is 112 Å². The Kier molecular flexibility index (Phi) is 3.40. The first-order valence-electron chi connectivity index (χ1n) is 4.85. The van der Waals surface area contributed by atoms with Gasteiger partial charge in [0.1, 0.15) is 0 Å². The minimum Gasteiger partial charge on any atom is -0.334 e. The molecule has 0 bridgehead atoms. The number of aromatic nitrogens is 2. The first kappa shape index (κ1) is 13.3. The lowest BCUT2D eigenvalue weighted by Gasteiger charge is -2.07. The van der Waals surface area contributed by atoms with Crippen LogP contribution in [0.4, 0.5) is 11.4 Å². The molecule has 2 rings (SSSR count). The maximum absolute atomic E-state index is 11.9. The molecule has 19 heavy (non-hydrogen) atoms. The molecule has 0 radical (unpaired) electrons. The number of nitrogens with one attached hydrogen (secondary N) is 2. The summed E-state index contributed by atoms with van der Waals surface area (Å²) >= 11 is 5.78. The molecule has 2 N–H and O–H groups in total. The Balaban J connectivity index is 2.32. The van der Waals surface area contributed by atoms with Crippen molar-refractivity contribution in [2.24, 2.45) is 0 Å². The van der Waals surface area contributed by atoms with Crippen LogP contribution in [0.25, 0.3) is 0 Å². The summed E-state index contributed by atoms with van der Waals surface area (Å²) in [6, 6.07) is 3.43. The predicted molar refractivity (Wildman–Crippen MR) is 67.5 cm³/mol. The average Bonchev–Trinajstić information content (AvgIpc) is 2.85. The minimum atomic E-state index is -3.85. The first-order chi connectivity index (χ1) is 8.90. The third-order valence-electron chi connectivity index (χ3n) is 2.17. The van der Waals surface area contributed by atoms with E-state index < -0.39 is 14.9 Å². The van der Waals surface area contributed by atoms with Gasteiger partial charge < -0.3 is 4.98 Å². The van der Waals surface area contributed by atoms with Crippen molar-refractivity contribution in [1.82, 2.24) is 9.97 Å². The number of hydrogen-bond acceptors (Lipinski definition) is 5. The summed E-state index contributed by atoms with van der Waals surface area (Å²) in [5.41, 5.74) is -0.184. The zero-order valence-electron chi connectivity index (χ0n) is 9.20. The third kappa shape index (κ3) is 2.83. The van der Waals surface area contributed by atoms with Crippen molar-refractivity contribution in [2.45, 2.75) is 5.03 Å². The van der Waals surface area contributed by atoms with Crippen LogP contribution in [0.3, 0.4) is 0 Å². The molecule has 10 heteroatoms. The summed E-state index contributed by atoms with van der Waals surface area (Å²) in [5.74, 6) is 0. The summed E-state index contributed by atoms with van der Waals surface area (Å²) in [6.45, 7) is 0. The summed E-state index contributed by atoms with van der Waals surface area (Å²) in [7, 11) is -3.85. The van der Waals surface area contributed by atoms with Gasteiger partial charge in [-0.1, -0.05) is 11.6 Å². The summed E-state index contributed by atoms with van der Waals surface area (Å²) in [6.07, 6.45) is 2.34. The highest BCUT2D eigenvalue weighted by molar-refractivity contribution is 7.92. The number of nitro benzene ring substituents is 1. The summed E-state index contributed by atoms with van der Waals surface area (Å²) < 4.78 is 25.9. The van der Waals surface area contributed by atoms with Gasteiger partial charge in [-0.05, 0) is 6.07 Å². The number of benzene rings is 1. The van der Waals surface area contributed by atoms with Gasteiger partial charge in [0.25, 0.3) is 15.7 Å². The maximum atomic E-state index is 11.9. The molecule has 8 nitrogen and oxygen atoms in total. The fourth-order valence-corrected chi connectivity index (χ4v) is 2.55. The smallest absolute Gasteiger partial charge is 0.279 e. The van der Waals surface area contributed by atoms with Crippen molar-refractivity contribution in [2.75, 3.05) is 4.72 Å². The fourth-order valence-electron chi connectivity index (χ4n) is 1.29. The highest BCUT2D eigenvalue weighted by Crippen LogP contribution is 2.28. The number of anilines is 1. The summed E-state index contributed by atoms with van der Waals surface area (Å²) in [4.78, 5) is 15.9. The second kappa shape index (κ2) is 4.86. The fraction of sp³-hybridized carbons (Fsp3) is 0. The number of non-ortho nitro benzene ring substituents is 1. The van der Waals surface area contributed by atoms with Crippen molar-refractivity contribution < 1.29 is 13.3 Å². The molecule has 0 saturated heterocycles. The highest BCUT2D eigenvalue weighted by Gasteiger charge is 2.18. The van der Waals surface area contributed by atoms with E-state index in [-0.39, 0.29) is 21.4 Å². The van der Waals surface area contributed by atoms with Crippen molar-refractivity contribution in [1.29, 1.82) is 0 Å². The third-order valence-corrected chi connectivity index (χ3v) is 3.77. The number of rotatable bonds is 4. The van der Waals surface area contributed by atoms with Gasteiger partial charge in [-0.2, -0.15) is 8.42 Å². The van der Waals surface area contributed by atoms with Gasteiger partial charge in [-0.15, -0.1) is 0 Å². The van der Waals surface area contributed by atoms with E-state index in [4.69, 9.17) is 11.6 Å². The van der Waals surface area contributed by atoms with E-state index in [2.05, 4.69) is 14.7 Å². The molecule has 0 spiro atoms. The lowest BCUT2D eigenvalue weighted by atomic mass is 10.3. The number of nitro groups is 1. The number of aromatic amines is 1. The zero-order chi connectivity index (χ0) is 14.0. The van der Waals surface area contributed by atoms with Gasteiger partial charge in [-0.25, -0.2) is 4.98 Å². The van der Waals surface area contributed by atoms with Crippen molar-refractivity contribution in [3.05, 3.63) is 45.9 Å². The Morgan fingerprint density at radius 2 is 2.16 bits per heavy atom. The Morgan fingerprint density at radius 1 is 1.42 bits per heavy atom. The Hall–Kier alpha value is -2.13. The SMILES string of the molecule is O=[N+]([O-])c1ccc(NS(=O)(=O)c2cnc[nH]2)c(Cl)c1. The average molecular weight is 303 g/mol. The van der Waals surface area contributed by atoms with E-state index in [9.17, 15) is 18.5 Å². The lowest BCUT2D eigenvalue weighted by Crippen LogP contribution is -2.13. The van der Waals surface area contributed by atoms with Gasteiger partial charge >= 0.3 is 0 Å². The van der Waals surface area contributed by atoms with Crippen LogP contribution in [0.2, 0.25) is 5.02 Å². The molecule has 0 aliphatic heterocycles. The molecule has 1 aromatic carbocycles. The first-order valence-corrected chi connectivity index (χ1v) is 6.71. The van der Waals surface area contributed by atoms with Crippen LogP contribution >= 0.6 is 11.6 Å². The largest absolute Gasteiger partial charge is 0.334 e. The number of hydrogen-bond donors (Lipinski definition) is 2. The second-order valence-electron chi connectivity index (χ2n) is 3.44. The number of sulfonamides is 1. The van der Waals surface area contributed by atoms with Crippen LogP contribution in [-0.2, 0) is 10.0 Å². The van der Waals surface area contributed by atoms with E-state index in [1.165, 1.54) is 12.4 Å². The standard InChI is InChI=1S/C9H7ClN4O4S/c10-7-3-6(14(15)16)1-2-8(7)13-19(17,18)9-4-11-5-12-9/h1-5,13H,(H,11,12). The van der Waals surface area contributed by atoms with Crippen LogP contribution in [0.15, 0.2) is 35.7 Å². The topological polar surface area (TPSA) is 118 Å². The van der Waals surface area contributed by atoms with Crippen LogP contribution in [0.5, 0.6) is 0 Å². The number of halogens is 1. The highest BCUT2D eigenvalue weighted by atomic mass is 35.5. The van der Waals surface area contributed by atoms with Gasteiger partial charge in [0.2, 0.25) is 0 Å². The van der Waals surface area contributed by atoms with Crippen LogP contribution in [-0.4, -0.2) is 23.3 Å². The molecule has 1 aromatic heterocycles. The van der Waals surface area contributed by atoms with Gasteiger partial charge in [-0.3, -0.25) is 14.8 Å². The Bertz CT molecular complexity index is 714. The van der Waals surface area contributed by atoms with E-state index in [0.29, 0.717) is 0 Å². The molecule has 0 fully saturated rings. The van der Waals surface area contributed by atoms with Gasteiger partial charge in [0, 0.05) is 12.1 Å². The minimum absolute atomic E-state index is 0.0434. The zero-order valence-corrected chi connectivity index (χ0v) is 10.8. The number of imidazole rings is 1. The molecule has 0 atom stereocenters. The molecule has 0 saturated carbocycles. The normalized spacial score (nSPS) is 11.2. The van der Waals surface area contributed by atoms with Crippen LogP contribution < -0.4 is 4.72 Å². The van der Waals surface area contributed by atoms with E-state index in [1.807, 2.05) is 0 Å². The van der Waals surface area contributed by atoms with Crippen molar-refractivity contribution in [3.63, 3.8) is 0 Å². The molecule has 100 valence electrons. The van der Waals surface area contributed by atoms with Crippen molar-refractivity contribution in [3.8, 4) is 0 Å². The van der Waals surface area contributed by atoms with Crippen LogP contribution in [0.1, 0.15) is 0 Å². The number of H-pyrrole nitrogens is 1. The van der Waals surface area contributed by atoms with E-state index in [1.54, 1.807) is 0 Å². The molecular formula is C9H7ClN4O4S. The lowest BCUT2D eigenvalue weighted by molar-refractivity contribution is -0.384. The molecule has 2 aromatic rings. The van der Waals surface area contributed by atoms with Gasteiger partial charge in [0.15, 0.2) is 5.03 Å². The number of nitrogens with zero attached hydrogens (tertiary/aromatic N) is 2. The predicted octanol–water partition coefficient (Wildman–Crippen LogP) is 1.77. The molecule has 0 amide bonds. The van der Waals surface area contributed by atoms with Gasteiger partial charge in [0.05, 0.1) is 28.2 Å². The quantitative estimate of drug-likeness (QED) is 0.659. The van der Waals surface area contributed by atoms with E-state index in [0.717, 1.165) is 18.3 Å². The molecule has 0 aliphatic rings. The van der Waals surface area contributed by atoms with E-state index >= 15 is 0 Å². The Morgan fingerprint density at radius 3 is 2.68 bits per heavy atom. The molecule has 0 unspecified atom stereocenters. The van der Waals surface area contributed by atoms with Crippen LogP contribution in [0, 0.1) is 10.1 Å².